The molecule has 0 aliphatic carbocycles. The van der Waals surface area contributed by atoms with Crippen molar-refractivity contribution < 1.29 is 9.59 Å². The molecular weight excluding hydrogens is 400 g/mol. The Morgan fingerprint density at radius 1 is 0.781 bits per heavy atom. The summed E-state index contributed by atoms with van der Waals surface area (Å²) in [4.78, 5) is 28.9. The van der Waals surface area contributed by atoms with Crippen LogP contribution in [0.4, 0.5) is 0 Å². The number of aromatic nitrogens is 2. The number of hydrogen-bond acceptors (Lipinski definition) is 3. The van der Waals surface area contributed by atoms with Crippen molar-refractivity contribution in [3.8, 4) is 16.9 Å². The molecule has 1 aliphatic rings. The summed E-state index contributed by atoms with van der Waals surface area (Å²) >= 11 is 0. The highest BCUT2D eigenvalue weighted by atomic mass is 16.2. The lowest BCUT2D eigenvalue weighted by Gasteiger charge is -2.34. The van der Waals surface area contributed by atoms with Gasteiger partial charge in [0.1, 0.15) is 5.69 Å². The maximum absolute atomic E-state index is 13.6. The van der Waals surface area contributed by atoms with E-state index in [0.717, 1.165) is 28.1 Å². The Kier molecular flexibility index (Phi) is 5.87. The maximum atomic E-state index is 13.6. The fraction of sp³-hybridized carbons (Fsp3) is 0.346. The van der Waals surface area contributed by atoms with Gasteiger partial charge in [-0.2, -0.15) is 5.10 Å². The van der Waals surface area contributed by atoms with E-state index in [9.17, 15) is 9.59 Å². The van der Waals surface area contributed by atoms with Crippen LogP contribution < -0.4 is 0 Å². The second-order valence-corrected chi connectivity index (χ2v) is 8.71. The first-order chi connectivity index (χ1) is 15.2. The highest BCUT2D eigenvalue weighted by Gasteiger charge is 2.27. The van der Waals surface area contributed by atoms with Crippen molar-refractivity contribution in [2.75, 3.05) is 26.2 Å². The lowest BCUT2D eigenvalue weighted by atomic mass is 10.0. The Morgan fingerprint density at radius 2 is 1.44 bits per heavy atom. The first-order valence-electron chi connectivity index (χ1n) is 11.0. The van der Waals surface area contributed by atoms with Crippen molar-refractivity contribution in [2.24, 2.45) is 0 Å². The first-order valence-corrected chi connectivity index (χ1v) is 11.0. The Bertz CT molecular complexity index is 1190. The van der Waals surface area contributed by atoms with E-state index in [-0.39, 0.29) is 11.8 Å². The molecule has 166 valence electrons. The van der Waals surface area contributed by atoms with E-state index in [0.29, 0.717) is 31.9 Å². The van der Waals surface area contributed by atoms with Crippen molar-refractivity contribution in [3.05, 3.63) is 70.4 Å². The number of carbonyl (C=O) groups is 2. The van der Waals surface area contributed by atoms with Crippen molar-refractivity contribution in [1.29, 1.82) is 0 Å². The lowest BCUT2D eigenvalue weighted by molar-refractivity contribution is -0.130. The monoisotopic (exact) mass is 430 g/mol. The second-order valence-electron chi connectivity index (χ2n) is 8.71. The van der Waals surface area contributed by atoms with E-state index >= 15 is 0 Å². The zero-order valence-corrected chi connectivity index (χ0v) is 19.5. The van der Waals surface area contributed by atoms with Gasteiger partial charge in [0.2, 0.25) is 5.91 Å². The number of rotatable bonds is 3. The molecule has 2 amide bonds. The van der Waals surface area contributed by atoms with Gasteiger partial charge >= 0.3 is 0 Å². The van der Waals surface area contributed by atoms with Crippen LogP contribution in [0.1, 0.15) is 39.7 Å². The van der Waals surface area contributed by atoms with Crippen LogP contribution in [0, 0.1) is 27.7 Å². The van der Waals surface area contributed by atoms with Gasteiger partial charge in [-0.25, -0.2) is 4.68 Å². The number of hydrogen-bond donors (Lipinski definition) is 0. The normalized spacial score (nSPS) is 14.0. The zero-order valence-electron chi connectivity index (χ0n) is 19.5. The van der Waals surface area contributed by atoms with Crippen LogP contribution in [0.15, 0.2) is 42.5 Å². The molecule has 0 bridgehead atoms. The molecular formula is C26H30N4O2. The Morgan fingerprint density at radius 3 is 2.09 bits per heavy atom. The molecule has 6 heteroatoms. The van der Waals surface area contributed by atoms with Crippen LogP contribution in [0.2, 0.25) is 0 Å². The third kappa shape index (κ3) is 4.17. The summed E-state index contributed by atoms with van der Waals surface area (Å²) in [5.41, 5.74) is 7.81. The molecule has 4 rings (SSSR count). The third-order valence-electron chi connectivity index (χ3n) is 6.34. The topological polar surface area (TPSA) is 58.4 Å². The smallest absolute Gasteiger partial charge is 0.272 e. The summed E-state index contributed by atoms with van der Waals surface area (Å²) in [5, 5.41) is 4.89. The number of carbonyl (C=O) groups excluding carboxylic acids is 2. The van der Waals surface area contributed by atoms with Gasteiger partial charge in [-0.15, -0.1) is 0 Å². The summed E-state index contributed by atoms with van der Waals surface area (Å²) in [7, 11) is 0. The van der Waals surface area contributed by atoms with Crippen molar-refractivity contribution in [3.63, 3.8) is 0 Å². The zero-order chi connectivity index (χ0) is 23.0. The van der Waals surface area contributed by atoms with Crippen LogP contribution in [-0.2, 0) is 4.79 Å². The van der Waals surface area contributed by atoms with E-state index in [4.69, 9.17) is 5.10 Å². The number of nitrogens with zero attached hydrogens (tertiary/aromatic N) is 4. The van der Waals surface area contributed by atoms with Crippen molar-refractivity contribution in [2.45, 2.75) is 34.6 Å². The summed E-state index contributed by atoms with van der Waals surface area (Å²) in [6.45, 7) is 12.0. The van der Waals surface area contributed by atoms with E-state index < -0.39 is 0 Å². The van der Waals surface area contributed by atoms with Gasteiger partial charge in [-0.1, -0.05) is 24.3 Å². The molecule has 3 aromatic rings. The van der Waals surface area contributed by atoms with Gasteiger partial charge in [0.25, 0.3) is 5.91 Å². The van der Waals surface area contributed by atoms with Crippen LogP contribution >= 0.6 is 0 Å². The molecule has 0 atom stereocenters. The number of piperazine rings is 1. The predicted octanol–water partition coefficient (Wildman–Crippen LogP) is 4.08. The number of amides is 2. The molecule has 1 saturated heterocycles. The molecule has 1 aromatic heterocycles. The quantitative estimate of drug-likeness (QED) is 0.629. The number of benzene rings is 2. The highest BCUT2D eigenvalue weighted by molar-refractivity contribution is 5.94. The van der Waals surface area contributed by atoms with E-state index in [2.05, 4.69) is 50.2 Å². The average Bonchev–Trinajstić information content (AvgIpc) is 3.22. The molecule has 1 aliphatic heterocycles. The molecule has 0 N–H and O–H groups in total. The van der Waals surface area contributed by atoms with Gasteiger partial charge in [0.15, 0.2) is 0 Å². The van der Waals surface area contributed by atoms with Crippen molar-refractivity contribution in [1.82, 2.24) is 19.6 Å². The molecule has 0 radical (unpaired) electrons. The Labute approximate surface area is 189 Å². The molecule has 2 aromatic carbocycles. The Balaban J connectivity index is 1.77. The Hall–Kier alpha value is -3.41. The minimum absolute atomic E-state index is 0.0505. The van der Waals surface area contributed by atoms with Gasteiger partial charge in [-0.3, -0.25) is 9.59 Å². The maximum Gasteiger partial charge on any atom is 0.272 e. The summed E-state index contributed by atoms with van der Waals surface area (Å²) in [5.74, 6) is -0.00811. The van der Waals surface area contributed by atoms with E-state index in [1.54, 1.807) is 16.5 Å². The SMILES string of the molecule is CC(=O)N1CCN(C(=O)c2cc(-c3ccc(C)c(C)c3)nn2-c2cc(C)ccc2C)CC1. The molecule has 6 nitrogen and oxygen atoms in total. The van der Waals surface area contributed by atoms with Gasteiger partial charge < -0.3 is 9.80 Å². The fourth-order valence-electron chi connectivity index (χ4n) is 4.09. The summed E-state index contributed by atoms with van der Waals surface area (Å²) in [6, 6.07) is 14.3. The molecule has 0 unspecified atom stereocenters. The second kappa shape index (κ2) is 8.61. The first kappa shape index (κ1) is 21.8. The van der Waals surface area contributed by atoms with E-state index in [1.807, 2.05) is 24.8 Å². The summed E-state index contributed by atoms with van der Waals surface area (Å²) in [6.07, 6.45) is 0. The summed E-state index contributed by atoms with van der Waals surface area (Å²) < 4.78 is 1.78. The standard InChI is InChI=1S/C26H30N4O2/c1-17-6-7-19(3)24(14-17)30-25(26(32)29-12-10-28(11-13-29)21(5)31)16-23(27-30)22-9-8-18(2)20(4)15-22/h6-9,14-16H,10-13H2,1-5H3. The molecule has 2 heterocycles. The minimum Gasteiger partial charge on any atom is -0.339 e. The minimum atomic E-state index is -0.0586. The van der Waals surface area contributed by atoms with Crippen molar-refractivity contribution >= 4 is 11.8 Å². The van der Waals surface area contributed by atoms with Gasteiger partial charge in [0, 0.05) is 38.7 Å². The average molecular weight is 431 g/mol. The molecule has 0 saturated carbocycles. The van der Waals surface area contributed by atoms with Gasteiger partial charge in [0.05, 0.1) is 11.4 Å². The lowest BCUT2D eigenvalue weighted by Crippen LogP contribution is -2.50. The highest BCUT2D eigenvalue weighted by Crippen LogP contribution is 2.26. The molecule has 32 heavy (non-hydrogen) atoms. The molecule has 1 fully saturated rings. The molecule has 0 spiro atoms. The van der Waals surface area contributed by atoms with Crippen LogP contribution in [0.25, 0.3) is 16.9 Å². The largest absolute Gasteiger partial charge is 0.339 e. The van der Waals surface area contributed by atoms with Crippen LogP contribution in [0.3, 0.4) is 0 Å². The van der Waals surface area contributed by atoms with Crippen LogP contribution in [0.5, 0.6) is 0 Å². The van der Waals surface area contributed by atoms with Gasteiger partial charge in [-0.05, 0) is 68.1 Å². The predicted molar refractivity (Wildman–Crippen MR) is 126 cm³/mol. The fourth-order valence-corrected chi connectivity index (χ4v) is 4.09. The van der Waals surface area contributed by atoms with E-state index in [1.165, 1.54) is 11.1 Å². The van der Waals surface area contributed by atoms with Crippen LogP contribution in [-0.4, -0.2) is 57.6 Å². The number of aryl methyl sites for hydroxylation is 4. The third-order valence-corrected chi connectivity index (χ3v) is 6.34.